The average Bonchev–Trinajstić information content (AvgIpc) is 2.34. The van der Waals surface area contributed by atoms with E-state index in [1.807, 2.05) is 20.8 Å². The number of carbonyl (C=O) groups excluding carboxylic acids is 1. The van der Waals surface area contributed by atoms with E-state index in [-0.39, 0.29) is 28.5 Å². The largest absolute Gasteiger partial charge is 0.492 e. The molecule has 1 amide bonds. The molecule has 0 saturated carbocycles. The zero-order chi connectivity index (χ0) is 15.5. The van der Waals surface area contributed by atoms with E-state index < -0.39 is 11.5 Å². The molecule has 1 aromatic carbocycles. The summed E-state index contributed by atoms with van der Waals surface area (Å²) in [7, 11) is 2.69. The fraction of sp³-hybridized carbons (Fsp3) is 0.429. The van der Waals surface area contributed by atoms with Crippen LogP contribution < -0.4 is 14.8 Å². The van der Waals surface area contributed by atoms with Gasteiger partial charge in [-0.1, -0.05) is 0 Å². The second-order valence-electron chi connectivity index (χ2n) is 5.24. The maximum absolute atomic E-state index is 12.2. The molecule has 6 nitrogen and oxygen atoms in total. The molecule has 0 heterocycles. The molecular weight excluding hydrogens is 262 g/mol. The Kier molecular flexibility index (Phi) is 4.60. The molecule has 0 spiro atoms. The molecule has 0 radical (unpaired) electrons. The lowest BCUT2D eigenvalue weighted by Crippen LogP contribution is -2.40. The molecule has 20 heavy (non-hydrogen) atoms. The van der Waals surface area contributed by atoms with Crippen molar-refractivity contribution in [2.45, 2.75) is 26.3 Å². The third-order valence-corrected chi connectivity index (χ3v) is 2.48. The fourth-order valence-corrected chi connectivity index (χ4v) is 1.72. The van der Waals surface area contributed by atoms with Crippen LogP contribution in [-0.4, -0.2) is 36.7 Å². The third kappa shape index (κ3) is 3.40. The van der Waals surface area contributed by atoms with Gasteiger partial charge in [-0.25, -0.2) is 4.79 Å². The molecule has 0 unspecified atom stereocenters. The Morgan fingerprint density at radius 3 is 1.90 bits per heavy atom. The van der Waals surface area contributed by atoms with Crippen molar-refractivity contribution in [1.82, 2.24) is 5.32 Å². The van der Waals surface area contributed by atoms with E-state index in [2.05, 4.69) is 5.32 Å². The van der Waals surface area contributed by atoms with Crippen LogP contribution in [0.25, 0.3) is 0 Å². The van der Waals surface area contributed by atoms with Gasteiger partial charge in [0.1, 0.15) is 5.56 Å². The van der Waals surface area contributed by atoms with Crippen LogP contribution in [0, 0.1) is 0 Å². The summed E-state index contributed by atoms with van der Waals surface area (Å²) in [6.45, 7) is 5.54. The SMILES string of the molecule is COc1c(C(=O)O)ccc(C(=O)NC(C)(C)C)c1OC. The molecule has 0 aliphatic rings. The molecule has 1 rings (SSSR count). The predicted octanol–water partition coefficient (Wildman–Crippen LogP) is 1.93. The van der Waals surface area contributed by atoms with Crippen LogP contribution in [0.4, 0.5) is 0 Å². The van der Waals surface area contributed by atoms with Gasteiger partial charge in [-0.05, 0) is 32.9 Å². The standard InChI is InChI=1S/C14H19NO5/c1-14(2,3)15-12(16)8-6-7-9(13(17)18)11(20-5)10(8)19-4/h6-7H,1-5H3,(H,15,16)(H,17,18). The lowest BCUT2D eigenvalue weighted by atomic mass is 10.0. The Morgan fingerprint density at radius 1 is 1.05 bits per heavy atom. The minimum absolute atomic E-state index is 0.0292. The molecule has 0 aliphatic carbocycles. The van der Waals surface area contributed by atoms with Gasteiger partial charge in [0, 0.05) is 5.54 Å². The summed E-state index contributed by atoms with van der Waals surface area (Å²) in [6.07, 6.45) is 0. The minimum Gasteiger partial charge on any atom is -0.492 e. The topological polar surface area (TPSA) is 84.9 Å². The van der Waals surface area contributed by atoms with Crippen LogP contribution in [-0.2, 0) is 0 Å². The molecule has 0 saturated heterocycles. The van der Waals surface area contributed by atoms with E-state index in [0.717, 1.165) is 0 Å². The van der Waals surface area contributed by atoms with E-state index in [1.165, 1.54) is 26.4 Å². The first-order chi connectivity index (χ1) is 9.21. The van der Waals surface area contributed by atoms with Gasteiger partial charge in [-0.2, -0.15) is 0 Å². The van der Waals surface area contributed by atoms with Gasteiger partial charge < -0.3 is 19.9 Å². The number of benzene rings is 1. The van der Waals surface area contributed by atoms with Gasteiger partial charge in [0.2, 0.25) is 0 Å². The second-order valence-corrected chi connectivity index (χ2v) is 5.24. The molecule has 1 aromatic rings. The number of carboxylic acid groups (broad SMARTS) is 1. The Morgan fingerprint density at radius 2 is 1.50 bits per heavy atom. The van der Waals surface area contributed by atoms with Crippen LogP contribution in [0.1, 0.15) is 41.5 Å². The van der Waals surface area contributed by atoms with E-state index >= 15 is 0 Å². The van der Waals surface area contributed by atoms with Gasteiger partial charge >= 0.3 is 5.97 Å². The highest BCUT2D eigenvalue weighted by atomic mass is 16.5. The zero-order valence-corrected chi connectivity index (χ0v) is 12.2. The molecule has 110 valence electrons. The van der Waals surface area contributed by atoms with Crippen molar-refractivity contribution in [3.63, 3.8) is 0 Å². The first kappa shape index (κ1) is 15.8. The summed E-state index contributed by atoms with van der Waals surface area (Å²) in [5.74, 6) is -1.37. The summed E-state index contributed by atoms with van der Waals surface area (Å²) < 4.78 is 10.2. The Balaban J connectivity index is 3.35. The summed E-state index contributed by atoms with van der Waals surface area (Å²) in [5.41, 5.74) is -0.248. The maximum atomic E-state index is 12.2. The number of hydrogen-bond donors (Lipinski definition) is 2. The highest BCUT2D eigenvalue weighted by Crippen LogP contribution is 2.35. The van der Waals surface area contributed by atoms with Crippen molar-refractivity contribution in [2.24, 2.45) is 0 Å². The number of carboxylic acids is 1. The number of nitrogens with one attached hydrogen (secondary N) is 1. The Labute approximate surface area is 117 Å². The molecule has 6 heteroatoms. The molecule has 0 atom stereocenters. The van der Waals surface area contributed by atoms with Crippen LogP contribution in [0.5, 0.6) is 11.5 Å². The minimum atomic E-state index is -1.15. The molecule has 0 aromatic heterocycles. The van der Waals surface area contributed by atoms with Crippen LogP contribution >= 0.6 is 0 Å². The number of aromatic carboxylic acids is 1. The van der Waals surface area contributed by atoms with Crippen molar-refractivity contribution in [3.8, 4) is 11.5 Å². The number of carbonyl (C=O) groups is 2. The van der Waals surface area contributed by atoms with Gasteiger partial charge in [0.15, 0.2) is 11.5 Å². The van der Waals surface area contributed by atoms with Crippen molar-refractivity contribution in [3.05, 3.63) is 23.3 Å². The molecule has 0 aliphatic heterocycles. The maximum Gasteiger partial charge on any atom is 0.339 e. The monoisotopic (exact) mass is 281 g/mol. The van der Waals surface area contributed by atoms with Gasteiger partial charge in [0.25, 0.3) is 5.91 Å². The Bertz CT molecular complexity index is 531. The number of ether oxygens (including phenoxy) is 2. The van der Waals surface area contributed by atoms with Crippen LogP contribution in [0.2, 0.25) is 0 Å². The van der Waals surface area contributed by atoms with Gasteiger partial charge in [0.05, 0.1) is 19.8 Å². The smallest absolute Gasteiger partial charge is 0.339 e. The second kappa shape index (κ2) is 5.81. The fourth-order valence-electron chi connectivity index (χ4n) is 1.72. The average molecular weight is 281 g/mol. The van der Waals surface area contributed by atoms with Crippen molar-refractivity contribution in [1.29, 1.82) is 0 Å². The van der Waals surface area contributed by atoms with E-state index in [1.54, 1.807) is 0 Å². The zero-order valence-electron chi connectivity index (χ0n) is 12.2. The molecule has 0 bridgehead atoms. The number of rotatable bonds is 4. The highest BCUT2D eigenvalue weighted by molar-refractivity contribution is 6.01. The van der Waals surface area contributed by atoms with Crippen LogP contribution in [0.3, 0.4) is 0 Å². The first-order valence-electron chi connectivity index (χ1n) is 6.02. The summed E-state index contributed by atoms with van der Waals surface area (Å²) in [4.78, 5) is 23.3. The summed E-state index contributed by atoms with van der Waals surface area (Å²) in [5, 5.41) is 11.9. The van der Waals surface area contributed by atoms with Crippen molar-refractivity contribution < 1.29 is 24.2 Å². The first-order valence-corrected chi connectivity index (χ1v) is 6.02. The van der Waals surface area contributed by atoms with E-state index in [4.69, 9.17) is 14.6 Å². The lowest BCUT2D eigenvalue weighted by molar-refractivity contribution is 0.0691. The molecular formula is C14H19NO5. The number of methoxy groups -OCH3 is 2. The number of amides is 1. The van der Waals surface area contributed by atoms with Gasteiger partial charge in [-0.3, -0.25) is 4.79 Å². The Hall–Kier alpha value is -2.24. The lowest BCUT2D eigenvalue weighted by Gasteiger charge is -2.22. The normalized spacial score (nSPS) is 10.8. The summed E-state index contributed by atoms with van der Waals surface area (Å²) in [6, 6.07) is 2.73. The van der Waals surface area contributed by atoms with E-state index in [0.29, 0.717) is 0 Å². The van der Waals surface area contributed by atoms with Crippen LogP contribution in [0.15, 0.2) is 12.1 Å². The molecule has 2 N–H and O–H groups in total. The quantitative estimate of drug-likeness (QED) is 0.881. The van der Waals surface area contributed by atoms with E-state index in [9.17, 15) is 9.59 Å². The van der Waals surface area contributed by atoms with Crippen molar-refractivity contribution in [2.75, 3.05) is 14.2 Å². The summed E-state index contributed by atoms with van der Waals surface area (Å²) >= 11 is 0. The highest BCUT2D eigenvalue weighted by Gasteiger charge is 2.24. The van der Waals surface area contributed by atoms with Gasteiger partial charge in [-0.15, -0.1) is 0 Å². The van der Waals surface area contributed by atoms with Crippen molar-refractivity contribution >= 4 is 11.9 Å². The molecule has 0 fully saturated rings. The number of hydrogen-bond acceptors (Lipinski definition) is 4. The predicted molar refractivity (Wildman–Crippen MR) is 73.7 cm³/mol. The third-order valence-electron chi connectivity index (χ3n) is 2.48.